The lowest BCUT2D eigenvalue weighted by atomic mass is 9.83. The maximum absolute atomic E-state index is 6.18. The van der Waals surface area contributed by atoms with Crippen molar-refractivity contribution in [2.24, 2.45) is 0 Å². The van der Waals surface area contributed by atoms with Crippen molar-refractivity contribution in [1.29, 1.82) is 0 Å². The summed E-state index contributed by atoms with van der Waals surface area (Å²) in [5, 5.41) is 12.3. The summed E-state index contributed by atoms with van der Waals surface area (Å²) in [5.74, 6) is 0. The highest BCUT2D eigenvalue weighted by molar-refractivity contribution is 6.22. The van der Waals surface area contributed by atoms with Crippen LogP contribution in [0.2, 0.25) is 0 Å². The van der Waals surface area contributed by atoms with E-state index in [4.69, 9.17) is 4.42 Å². The molecule has 0 atom stereocenters. The van der Waals surface area contributed by atoms with E-state index in [0.29, 0.717) is 0 Å². The zero-order chi connectivity index (χ0) is 34.9. The van der Waals surface area contributed by atoms with Crippen molar-refractivity contribution in [3.63, 3.8) is 0 Å². The van der Waals surface area contributed by atoms with Gasteiger partial charge in [-0.05, 0) is 124 Å². The standard InChI is InChI=1S/C52H32O/c1-2-13-35-29-40(24-23-33(35)11-1)51-44-19-5-6-20-45(44)52(48-32-38(25-27-46(48)51)42-21-10-14-34-12-3-4-17-41(34)42)39-16-9-15-36(30-39)37-26-28-50-47(31-37)43-18-7-8-22-49(43)53-50/h1-32H. The fraction of sp³-hybridized carbons (Fsp3) is 0. The number of benzene rings is 10. The molecule has 0 bridgehead atoms. The number of hydrogen-bond acceptors (Lipinski definition) is 1. The fourth-order valence-corrected chi connectivity index (χ4v) is 8.55. The van der Waals surface area contributed by atoms with E-state index in [2.05, 4.69) is 182 Å². The Morgan fingerprint density at radius 2 is 0.792 bits per heavy atom. The van der Waals surface area contributed by atoms with E-state index in [-0.39, 0.29) is 0 Å². The second-order valence-corrected chi connectivity index (χ2v) is 14.0. The second-order valence-electron chi connectivity index (χ2n) is 14.0. The molecule has 1 nitrogen and oxygen atoms in total. The summed E-state index contributed by atoms with van der Waals surface area (Å²) in [6, 6.07) is 70.8. The third-order valence-corrected chi connectivity index (χ3v) is 11.0. The number of rotatable bonds is 4. The van der Waals surface area contributed by atoms with E-state index in [1.807, 2.05) is 12.1 Å². The summed E-state index contributed by atoms with van der Waals surface area (Å²) in [5.41, 5.74) is 11.6. The quantitative estimate of drug-likeness (QED) is 0.170. The van der Waals surface area contributed by atoms with Gasteiger partial charge in [-0.15, -0.1) is 0 Å². The Labute approximate surface area is 307 Å². The first-order chi connectivity index (χ1) is 26.3. The maximum atomic E-state index is 6.18. The van der Waals surface area contributed by atoms with Gasteiger partial charge in [0.25, 0.3) is 0 Å². The highest BCUT2D eigenvalue weighted by Crippen LogP contribution is 2.46. The Hall–Kier alpha value is -6.96. The Bertz CT molecular complexity index is 3230. The summed E-state index contributed by atoms with van der Waals surface area (Å²) >= 11 is 0. The van der Waals surface area contributed by atoms with Crippen LogP contribution in [0.5, 0.6) is 0 Å². The smallest absolute Gasteiger partial charge is 0.135 e. The van der Waals surface area contributed by atoms with Crippen molar-refractivity contribution >= 4 is 65.0 Å². The first kappa shape index (κ1) is 29.7. The van der Waals surface area contributed by atoms with Gasteiger partial charge in [0.2, 0.25) is 0 Å². The summed E-state index contributed by atoms with van der Waals surface area (Å²) in [7, 11) is 0. The van der Waals surface area contributed by atoms with Crippen LogP contribution in [0.1, 0.15) is 0 Å². The van der Waals surface area contributed by atoms with Crippen LogP contribution in [0.25, 0.3) is 110 Å². The van der Waals surface area contributed by atoms with E-state index in [0.717, 1.165) is 21.9 Å². The van der Waals surface area contributed by atoms with Crippen LogP contribution in [0.3, 0.4) is 0 Å². The normalized spacial score (nSPS) is 11.8. The molecule has 1 aromatic heterocycles. The van der Waals surface area contributed by atoms with Crippen LogP contribution < -0.4 is 0 Å². The van der Waals surface area contributed by atoms with Crippen molar-refractivity contribution in [3.8, 4) is 44.5 Å². The van der Waals surface area contributed by atoms with Gasteiger partial charge in [-0.3, -0.25) is 0 Å². The molecule has 0 spiro atoms. The van der Waals surface area contributed by atoms with Gasteiger partial charge in [0.15, 0.2) is 0 Å². The Morgan fingerprint density at radius 3 is 1.66 bits per heavy atom. The van der Waals surface area contributed by atoms with Crippen LogP contribution >= 0.6 is 0 Å². The molecule has 10 aromatic carbocycles. The van der Waals surface area contributed by atoms with Gasteiger partial charge in [-0.25, -0.2) is 0 Å². The van der Waals surface area contributed by atoms with Crippen molar-refractivity contribution in [2.75, 3.05) is 0 Å². The van der Waals surface area contributed by atoms with Gasteiger partial charge in [0.05, 0.1) is 0 Å². The SMILES string of the molecule is c1cc(-c2ccc3oc4ccccc4c3c2)cc(-c2c3ccccc3c(-c3ccc4ccccc4c3)c3ccc(-c4cccc5ccccc45)cc23)c1. The zero-order valence-electron chi connectivity index (χ0n) is 28.9. The van der Waals surface area contributed by atoms with Crippen LogP contribution in [0.15, 0.2) is 199 Å². The van der Waals surface area contributed by atoms with Crippen LogP contribution in [0, 0.1) is 0 Å². The lowest BCUT2D eigenvalue weighted by Gasteiger charge is -2.20. The summed E-state index contributed by atoms with van der Waals surface area (Å²) < 4.78 is 6.18. The number of para-hydroxylation sites is 1. The topological polar surface area (TPSA) is 13.1 Å². The van der Waals surface area contributed by atoms with E-state index in [1.54, 1.807) is 0 Å². The van der Waals surface area contributed by atoms with Crippen LogP contribution in [-0.2, 0) is 0 Å². The fourth-order valence-electron chi connectivity index (χ4n) is 8.55. The van der Waals surface area contributed by atoms with Crippen molar-refractivity contribution in [3.05, 3.63) is 194 Å². The van der Waals surface area contributed by atoms with Crippen molar-refractivity contribution < 1.29 is 4.42 Å². The maximum Gasteiger partial charge on any atom is 0.135 e. The Balaban J connectivity index is 1.20. The molecule has 0 unspecified atom stereocenters. The van der Waals surface area contributed by atoms with Crippen molar-refractivity contribution in [2.45, 2.75) is 0 Å². The van der Waals surface area contributed by atoms with E-state index in [1.165, 1.54) is 87.6 Å². The minimum absolute atomic E-state index is 0.910. The predicted molar refractivity (Wildman–Crippen MR) is 225 cm³/mol. The molecule has 0 fully saturated rings. The molecular formula is C52H32O. The third kappa shape index (κ3) is 4.79. The van der Waals surface area contributed by atoms with E-state index < -0.39 is 0 Å². The molecule has 11 rings (SSSR count). The zero-order valence-corrected chi connectivity index (χ0v) is 28.9. The van der Waals surface area contributed by atoms with Crippen molar-refractivity contribution in [1.82, 2.24) is 0 Å². The first-order valence-electron chi connectivity index (χ1n) is 18.2. The molecular weight excluding hydrogens is 641 g/mol. The number of hydrogen-bond donors (Lipinski definition) is 0. The average molecular weight is 673 g/mol. The van der Waals surface area contributed by atoms with Gasteiger partial charge in [-0.2, -0.15) is 0 Å². The van der Waals surface area contributed by atoms with Gasteiger partial charge >= 0.3 is 0 Å². The monoisotopic (exact) mass is 672 g/mol. The lowest BCUT2D eigenvalue weighted by molar-refractivity contribution is 0.669. The molecule has 246 valence electrons. The highest BCUT2D eigenvalue weighted by atomic mass is 16.3. The number of furan rings is 1. The minimum Gasteiger partial charge on any atom is -0.456 e. The summed E-state index contributed by atoms with van der Waals surface area (Å²) in [6.07, 6.45) is 0. The molecule has 0 amide bonds. The molecule has 0 aliphatic heterocycles. The third-order valence-electron chi connectivity index (χ3n) is 11.0. The predicted octanol–water partition coefficient (Wildman–Crippen LogP) is 14.9. The second kappa shape index (κ2) is 11.8. The minimum atomic E-state index is 0.910. The molecule has 0 aliphatic carbocycles. The molecule has 0 radical (unpaired) electrons. The molecule has 0 saturated heterocycles. The summed E-state index contributed by atoms with van der Waals surface area (Å²) in [6.45, 7) is 0. The van der Waals surface area contributed by atoms with Gasteiger partial charge in [0, 0.05) is 10.8 Å². The van der Waals surface area contributed by atoms with Gasteiger partial charge < -0.3 is 4.42 Å². The molecule has 0 N–H and O–H groups in total. The molecule has 53 heavy (non-hydrogen) atoms. The Kier molecular flexibility index (Phi) is 6.62. The molecule has 1 heterocycles. The average Bonchev–Trinajstić information content (AvgIpc) is 3.60. The van der Waals surface area contributed by atoms with Gasteiger partial charge in [-0.1, -0.05) is 158 Å². The lowest BCUT2D eigenvalue weighted by Crippen LogP contribution is -1.92. The highest BCUT2D eigenvalue weighted by Gasteiger charge is 2.19. The van der Waals surface area contributed by atoms with Crippen LogP contribution in [-0.4, -0.2) is 0 Å². The molecule has 0 aliphatic rings. The van der Waals surface area contributed by atoms with E-state index >= 15 is 0 Å². The molecule has 0 saturated carbocycles. The largest absolute Gasteiger partial charge is 0.456 e. The Morgan fingerprint density at radius 1 is 0.245 bits per heavy atom. The molecule has 1 heteroatoms. The first-order valence-corrected chi connectivity index (χ1v) is 18.2. The molecule has 11 aromatic rings. The van der Waals surface area contributed by atoms with Gasteiger partial charge in [0.1, 0.15) is 11.2 Å². The summed E-state index contributed by atoms with van der Waals surface area (Å²) in [4.78, 5) is 0. The van der Waals surface area contributed by atoms with Crippen LogP contribution in [0.4, 0.5) is 0 Å². The number of fused-ring (bicyclic) bond motifs is 7. The van der Waals surface area contributed by atoms with E-state index in [9.17, 15) is 0 Å².